The Morgan fingerprint density at radius 1 is 0.409 bits per heavy atom. The summed E-state index contributed by atoms with van der Waals surface area (Å²) in [6.07, 6.45) is 30.0. The first-order chi connectivity index (χ1) is 31.7. The molecule has 5 heterocycles. The fraction of sp³-hybridized carbons (Fsp3) is 0.661. The van der Waals surface area contributed by atoms with E-state index in [2.05, 4.69) is 144 Å². The summed E-state index contributed by atoms with van der Waals surface area (Å²) in [5.74, 6) is 0. The Labute approximate surface area is 421 Å². The molecule has 7 rings (SSSR count). The second kappa shape index (κ2) is 23.1. The SMILES string of the molecule is CCCCCCCCC(CCCCCCCC)n1c2cc3[c](cc2c2c[c]4c(cc21)-c1sc([Si](C)(C)C)c[c]1[Ge]4([CH2]CCC)[CH2]CCC)[Ge]([CH2]CCC)([CH2]CCC)[c]1cc([Si](C)(C)C)sc1-3. The van der Waals surface area contributed by atoms with Gasteiger partial charge in [-0.25, -0.2) is 0 Å². The maximum absolute atomic E-state index is 3.05. The summed E-state index contributed by atoms with van der Waals surface area (Å²) in [4.78, 5) is 3.46. The van der Waals surface area contributed by atoms with Crippen LogP contribution in [0.5, 0.6) is 0 Å². The molecule has 0 amide bonds. The van der Waals surface area contributed by atoms with Gasteiger partial charge in [0.1, 0.15) is 0 Å². The molecule has 0 unspecified atom stereocenters. The van der Waals surface area contributed by atoms with Crippen LogP contribution in [0.25, 0.3) is 42.7 Å². The van der Waals surface area contributed by atoms with Crippen LogP contribution in [0, 0.1) is 0 Å². The molecule has 364 valence electrons. The Morgan fingerprint density at radius 2 is 0.742 bits per heavy atom. The van der Waals surface area contributed by atoms with E-state index in [-0.39, 0.29) is 0 Å². The Bertz CT molecular complexity index is 2190. The van der Waals surface area contributed by atoms with Gasteiger partial charge in [-0.2, -0.15) is 0 Å². The van der Waals surface area contributed by atoms with Crippen LogP contribution in [0.15, 0.2) is 36.4 Å². The van der Waals surface area contributed by atoms with Crippen molar-refractivity contribution in [3.05, 3.63) is 36.4 Å². The quantitative estimate of drug-likeness (QED) is 0.0332. The zero-order chi connectivity index (χ0) is 47.3. The second-order valence-electron chi connectivity index (χ2n) is 23.8. The van der Waals surface area contributed by atoms with Gasteiger partial charge in [-0.1, -0.05) is 26.7 Å². The summed E-state index contributed by atoms with van der Waals surface area (Å²) >= 11 is -0.917. The van der Waals surface area contributed by atoms with Crippen LogP contribution < -0.4 is 26.6 Å². The van der Waals surface area contributed by atoms with E-state index in [1.807, 2.05) is 17.6 Å². The van der Waals surface area contributed by atoms with Gasteiger partial charge in [-0.15, -0.1) is 0 Å². The first-order valence-corrected chi connectivity index (χ1v) is 47.0. The van der Waals surface area contributed by atoms with E-state index in [1.165, 1.54) is 162 Å². The Balaban J connectivity index is 1.53. The summed E-state index contributed by atoms with van der Waals surface area (Å²) in [7, 11) is -2.93. The fourth-order valence-corrected chi connectivity index (χ4v) is 46.3. The molecule has 0 aliphatic carbocycles. The number of benzene rings is 2. The van der Waals surface area contributed by atoms with E-state index in [0.717, 1.165) is 0 Å². The average molecular weight is 1080 g/mol. The van der Waals surface area contributed by atoms with E-state index < -0.39 is 42.7 Å². The van der Waals surface area contributed by atoms with Gasteiger partial charge in [0.25, 0.3) is 0 Å². The van der Waals surface area contributed by atoms with Gasteiger partial charge in [-0.05, 0) is 0 Å². The summed E-state index contributed by atoms with van der Waals surface area (Å²) in [5.41, 5.74) is 6.60. The van der Waals surface area contributed by atoms with Crippen molar-refractivity contribution in [2.75, 3.05) is 0 Å². The predicted octanol–water partition coefficient (Wildman–Crippen LogP) is 17.3. The number of hydrogen-bond acceptors (Lipinski definition) is 2. The molecule has 0 bridgehead atoms. The van der Waals surface area contributed by atoms with Crippen molar-refractivity contribution in [3.8, 4) is 20.9 Å². The summed E-state index contributed by atoms with van der Waals surface area (Å²) in [6.45, 7) is 30.2. The number of nitrogens with zero attached hydrogens (tertiary/aromatic N) is 1. The van der Waals surface area contributed by atoms with Crippen molar-refractivity contribution in [2.45, 2.75) is 249 Å². The fourth-order valence-electron chi connectivity index (χ4n) is 12.6. The Kier molecular flexibility index (Phi) is 18.6. The van der Waals surface area contributed by atoms with Gasteiger partial charge in [0.15, 0.2) is 0 Å². The van der Waals surface area contributed by atoms with Gasteiger partial charge in [0.2, 0.25) is 0 Å². The molecule has 2 aromatic carbocycles. The number of rotatable bonds is 29. The number of unbranched alkanes of at least 4 members (excludes halogenated alkanes) is 14. The average Bonchev–Trinajstić information content (AvgIpc) is 4.10. The normalized spacial score (nSPS) is 15.1. The Morgan fingerprint density at radius 3 is 1.08 bits per heavy atom. The van der Waals surface area contributed by atoms with Crippen molar-refractivity contribution in [1.29, 1.82) is 0 Å². The molecular weight excluding hydrogens is 988 g/mol. The van der Waals surface area contributed by atoms with Gasteiger partial charge in [0.05, 0.1) is 0 Å². The monoisotopic (exact) mass is 1090 g/mol. The molecule has 0 atom stereocenters. The van der Waals surface area contributed by atoms with Crippen LogP contribution in [-0.4, -0.2) is 47.2 Å². The number of hydrogen-bond donors (Lipinski definition) is 0. The molecule has 2 aliphatic heterocycles. The standard InChI is InChI=1S/C59H95Ge2NS2Si2/c1-13-19-25-27-29-31-33-45(34-32-30-28-26-20-14-2)62-54-41-48-50(60(35-21-15-3,36-22-16-4)52-43-56(63-58(48)52)65(7,8)9)39-46(54)47-40-51-49(42-55(47)62)59-53(44-57(64-59)66(10,11)12)61(51,37-23-17-5)38-24-18-6/h39-45H,13-38H2,1-12H3. The van der Waals surface area contributed by atoms with Crippen LogP contribution >= 0.6 is 22.7 Å². The van der Waals surface area contributed by atoms with Crippen LogP contribution in [0.1, 0.15) is 189 Å². The van der Waals surface area contributed by atoms with E-state index in [9.17, 15) is 0 Å². The molecule has 0 fully saturated rings. The van der Waals surface area contributed by atoms with E-state index in [0.29, 0.717) is 6.04 Å². The molecule has 0 spiro atoms. The zero-order valence-electron chi connectivity index (χ0n) is 44.7. The third-order valence-electron chi connectivity index (χ3n) is 16.6. The summed E-state index contributed by atoms with van der Waals surface area (Å²) in [6, 6.07) is 17.9. The minimum atomic E-state index is -2.72. The van der Waals surface area contributed by atoms with Gasteiger partial charge >= 0.3 is 398 Å². The first kappa shape index (κ1) is 53.0. The number of fused-ring (bicyclic) bond motifs is 9. The van der Waals surface area contributed by atoms with Crippen molar-refractivity contribution in [1.82, 2.24) is 4.57 Å². The molecule has 0 radical (unpaired) electrons. The Hall–Kier alpha value is -0.841. The maximum atomic E-state index is 3.05. The van der Waals surface area contributed by atoms with Crippen LogP contribution in [-0.2, 0) is 0 Å². The summed E-state index contributed by atoms with van der Waals surface area (Å²) < 4.78 is 14.2. The van der Waals surface area contributed by atoms with Crippen LogP contribution in [0.2, 0.25) is 60.3 Å². The topological polar surface area (TPSA) is 4.93 Å². The van der Waals surface area contributed by atoms with Crippen molar-refractivity contribution >= 4 is 114 Å². The minimum absolute atomic E-state index is 0.555. The van der Waals surface area contributed by atoms with Crippen molar-refractivity contribution in [2.24, 2.45) is 0 Å². The number of aromatic nitrogens is 1. The van der Waals surface area contributed by atoms with E-state index >= 15 is 0 Å². The summed E-state index contributed by atoms with van der Waals surface area (Å²) in [5, 5.41) is 9.19. The molecule has 3 aromatic heterocycles. The molecule has 66 heavy (non-hydrogen) atoms. The molecule has 2 aliphatic rings. The van der Waals surface area contributed by atoms with E-state index in [1.54, 1.807) is 51.7 Å². The van der Waals surface area contributed by atoms with Crippen LogP contribution in [0.4, 0.5) is 0 Å². The molecule has 0 saturated carbocycles. The number of thiophene rings is 2. The van der Waals surface area contributed by atoms with Crippen molar-refractivity contribution in [3.63, 3.8) is 0 Å². The third-order valence-corrected chi connectivity index (χ3v) is 49.0. The van der Waals surface area contributed by atoms with Gasteiger partial charge < -0.3 is 0 Å². The van der Waals surface area contributed by atoms with E-state index in [4.69, 9.17) is 0 Å². The first-order valence-electron chi connectivity index (χ1n) is 28.2. The molecule has 5 aromatic rings. The molecule has 7 heteroatoms. The van der Waals surface area contributed by atoms with Crippen molar-refractivity contribution < 1.29 is 0 Å². The molecule has 0 N–H and O–H groups in total. The molecule has 1 nitrogen and oxygen atoms in total. The van der Waals surface area contributed by atoms with Gasteiger partial charge in [0, 0.05) is 0 Å². The second-order valence-corrected chi connectivity index (χ2v) is 54.5. The molecular formula is C59H95Ge2NS2Si2. The molecule has 0 saturated heterocycles. The van der Waals surface area contributed by atoms with Gasteiger partial charge in [-0.3, -0.25) is 0 Å². The van der Waals surface area contributed by atoms with Crippen LogP contribution in [0.3, 0.4) is 0 Å². The zero-order valence-corrected chi connectivity index (χ0v) is 52.5. The predicted molar refractivity (Wildman–Crippen MR) is 316 cm³/mol. The third kappa shape index (κ3) is 10.7.